The van der Waals surface area contributed by atoms with Crippen molar-refractivity contribution in [1.29, 1.82) is 0 Å². The Labute approximate surface area is 153 Å². The molecule has 138 valence electrons. The van der Waals surface area contributed by atoms with E-state index in [2.05, 4.69) is 10.6 Å². The Hall–Kier alpha value is -2.21. The predicted molar refractivity (Wildman–Crippen MR) is 97.4 cm³/mol. The number of hydrogen-bond acceptors (Lipinski definition) is 4. The van der Waals surface area contributed by atoms with Crippen LogP contribution in [-0.2, 0) is 19.9 Å². The first-order valence-electron chi connectivity index (χ1n) is 9.09. The van der Waals surface area contributed by atoms with Crippen molar-refractivity contribution in [3.05, 3.63) is 28.8 Å². The Morgan fingerprint density at radius 3 is 2.35 bits per heavy atom. The van der Waals surface area contributed by atoms with Gasteiger partial charge in [0.15, 0.2) is 0 Å². The Morgan fingerprint density at radius 2 is 1.73 bits per heavy atom. The van der Waals surface area contributed by atoms with Gasteiger partial charge < -0.3 is 5.32 Å². The van der Waals surface area contributed by atoms with Crippen molar-refractivity contribution in [2.24, 2.45) is 11.8 Å². The molecule has 4 rings (SSSR count). The van der Waals surface area contributed by atoms with Crippen molar-refractivity contribution in [1.82, 2.24) is 10.2 Å². The first-order valence-corrected chi connectivity index (χ1v) is 9.09. The molecule has 1 aromatic carbocycles. The lowest BCUT2D eigenvalue weighted by atomic mass is 9.76. The Kier molecular flexibility index (Phi) is 3.27. The first-order chi connectivity index (χ1) is 12.0. The van der Waals surface area contributed by atoms with Crippen LogP contribution in [0.4, 0.5) is 5.69 Å². The van der Waals surface area contributed by atoms with E-state index >= 15 is 0 Å². The Bertz CT molecular complexity index is 870. The third kappa shape index (κ3) is 1.88. The second-order valence-corrected chi connectivity index (χ2v) is 8.89. The fraction of sp³-hybridized carbons (Fsp3) is 0.550. The highest BCUT2D eigenvalue weighted by Gasteiger charge is 2.70. The highest BCUT2D eigenvalue weighted by molar-refractivity contribution is 6.15. The molecule has 6 heteroatoms. The van der Waals surface area contributed by atoms with E-state index in [1.54, 1.807) is 0 Å². The number of benzene rings is 1. The highest BCUT2D eigenvalue weighted by atomic mass is 16.2. The number of anilines is 1. The molecule has 4 unspecified atom stereocenters. The van der Waals surface area contributed by atoms with Crippen molar-refractivity contribution in [3.8, 4) is 0 Å². The summed E-state index contributed by atoms with van der Waals surface area (Å²) in [5.74, 6) is -1.93. The van der Waals surface area contributed by atoms with Crippen LogP contribution < -0.4 is 10.6 Å². The third-order valence-corrected chi connectivity index (χ3v) is 5.98. The molecule has 0 aliphatic carbocycles. The molecule has 2 fully saturated rings. The maximum Gasteiger partial charge on any atom is 0.250 e. The van der Waals surface area contributed by atoms with Crippen LogP contribution in [0.2, 0.25) is 0 Å². The average Bonchev–Trinajstić information content (AvgIpc) is 3.05. The molecule has 3 aliphatic heterocycles. The summed E-state index contributed by atoms with van der Waals surface area (Å²) in [6.07, 6.45) is 0. The molecule has 2 saturated heterocycles. The molecule has 0 radical (unpaired) electrons. The van der Waals surface area contributed by atoms with Gasteiger partial charge >= 0.3 is 0 Å². The zero-order valence-corrected chi connectivity index (χ0v) is 16.1. The van der Waals surface area contributed by atoms with Crippen molar-refractivity contribution in [3.63, 3.8) is 0 Å². The Morgan fingerprint density at radius 1 is 1.08 bits per heavy atom. The minimum absolute atomic E-state index is 0.185. The predicted octanol–water partition coefficient (Wildman–Crippen LogP) is 1.84. The van der Waals surface area contributed by atoms with Gasteiger partial charge in [0, 0.05) is 22.8 Å². The number of likely N-dealkylation sites (tertiary alicyclic amines) is 1. The molecule has 3 amide bonds. The standard InChI is InChI=1S/C20H25N3O3/c1-9-7-10(2)15-12(8-9)20(18(26)21-15)14-13(11(3)22-20)16(24)23(17(14)25)19(4,5)6/h7-8,11,13-14,22H,1-6H3,(H,21,26). The number of carbonyl (C=O) groups excluding carboxylic acids is 3. The second-order valence-electron chi connectivity index (χ2n) is 8.89. The first kappa shape index (κ1) is 17.2. The molecular weight excluding hydrogens is 330 g/mol. The van der Waals surface area contributed by atoms with Crippen molar-refractivity contribution >= 4 is 23.4 Å². The van der Waals surface area contributed by atoms with E-state index in [9.17, 15) is 14.4 Å². The van der Waals surface area contributed by atoms with Crippen LogP contribution in [0, 0.1) is 25.7 Å². The zero-order chi connectivity index (χ0) is 19.2. The topological polar surface area (TPSA) is 78.5 Å². The molecule has 1 spiro atoms. The molecule has 6 nitrogen and oxygen atoms in total. The van der Waals surface area contributed by atoms with Crippen LogP contribution in [0.5, 0.6) is 0 Å². The normalized spacial score (nSPS) is 33.1. The third-order valence-electron chi connectivity index (χ3n) is 5.98. The van der Waals surface area contributed by atoms with Gasteiger partial charge in [-0.25, -0.2) is 0 Å². The van der Waals surface area contributed by atoms with Gasteiger partial charge in [-0.2, -0.15) is 0 Å². The molecule has 0 saturated carbocycles. The zero-order valence-electron chi connectivity index (χ0n) is 16.1. The molecule has 26 heavy (non-hydrogen) atoms. The number of nitrogens with zero attached hydrogens (tertiary/aromatic N) is 1. The van der Waals surface area contributed by atoms with Gasteiger partial charge in [0.1, 0.15) is 5.54 Å². The number of hydrogen-bond donors (Lipinski definition) is 2. The fourth-order valence-electron chi connectivity index (χ4n) is 5.08. The Balaban J connectivity index is 1.94. The van der Waals surface area contributed by atoms with Crippen LogP contribution in [0.1, 0.15) is 44.4 Å². The summed E-state index contributed by atoms with van der Waals surface area (Å²) in [6, 6.07) is 3.71. The van der Waals surface area contributed by atoms with E-state index < -0.39 is 22.9 Å². The molecular formula is C20H25N3O3. The molecule has 2 N–H and O–H groups in total. The number of aryl methyl sites for hydroxylation is 2. The SMILES string of the molecule is Cc1cc(C)c2c(c1)C1(NC(C)C3C(=O)N(C(C)(C)C)C(=O)C31)C(=O)N2. The lowest BCUT2D eigenvalue weighted by molar-refractivity contribution is -0.147. The maximum absolute atomic E-state index is 13.4. The number of carbonyl (C=O) groups is 3. The van der Waals surface area contributed by atoms with E-state index in [1.807, 2.05) is 53.7 Å². The molecule has 0 bridgehead atoms. The van der Waals surface area contributed by atoms with Gasteiger partial charge in [0.05, 0.1) is 11.8 Å². The van der Waals surface area contributed by atoms with Crippen LogP contribution in [0.15, 0.2) is 12.1 Å². The number of nitrogens with one attached hydrogen (secondary N) is 2. The van der Waals surface area contributed by atoms with Gasteiger partial charge in [-0.15, -0.1) is 0 Å². The summed E-state index contributed by atoms with van der Waals surface area (Å²) >= 11 is 0. The van der Waals surface area contributed by atoms with Crippen LogP contribution in [-0.4, -0.2) is 34.2 Å². The smallest absolute Gasteiger partial charge is 0.250 e. The minimum atomic E-state index is -1.18. The van der Waals surface area contributed by atoms with E-state index in [0.29, 0.717) is 0 Å². The lowest BCUT2D eigenvalue weighted by Gasteiger charge is -2.34. The van der Waals surface area contributed by atoms with Gasteiger partial charge in [0.2, 0.25) is 17.7 Å². The number of fused-ring (bicyclic) bond motifs is 4. The van der Waals surface area contributed by atoms with Gasteiger partial charge in [-0.3, -0.25) is 24.6 Å². The fourth-order valence-corrected chi connectivity index (χ4v) is 5.08. The number of amides is 3. The van der Waals surface area contributed by atoms with E-state index in [4.69, 9.17) is 0 Å². The van der Waals surface area contributed by atoms with E-state index in [1.165, 1.54) is 4.90 Å². The number of rotatable bonds is 0. The molecule has 1 aromatic rings. The molecule has 3 heterocycles. The monoisotopic (exact) mass is 355 g/mol. The molecule has 4 atom stereocenters. The van der Waals surface area contributed by atoms with E-state index in [0.717, 1.165) is 22.4 Å². The van der Waals surface area contributed by atoms with E-state index in [-0.39, 0.29) is 23.8 Å². The van der Waals surface area contributed by atoms with Crippen LogP contribution in [0.25, 0.3) is 0 Å². The van der Waals surface area contributed by atoms with Crippen molar-refractivity contribution < 1.29 is 14.4 Å². The van der Waals surface area contributed by atoms with Gasteiger partial charge in [0.25, 0.3) is 0 Å². The average molecular weight is 355 g/mol. The maximum atomic E-state index is 13.4. The second kappa shape index (κ2) is 4.94. The highest BCUT2D eigenvalue weighted by Crippen LogP contribution is 2.54. The summed E-state index contributed by atoms with van der Waals surface area (Å²) < 4.78 is 0. The summed E-state index contributed by atoms with van der Waals surface area (Å²) in [5.41, 5.74) is 1.75. The quantitative estimate of drug-likeness (QED) is 0.696. The summed E-state index contributed by atoms with van der Waals surface area (Å²) in [5, 5.41) is 6.31. The van der Waals surface area contributed by atoms with Gasteiger partial charge in [-0.05, 0) is 47.1 Å². The molecule has 0 aromatic heterocycles. The van der Waals surface area contributed by atoms with Crippen molar-refractivity contribution in [2.75, 3.05) is 5.32 Å². The summed E-state index contributed by atoms with van der Waals surface area (Å²) in [7, 11) is 0. The minimum Gasteiger partial charge on any atom is -0.324 e. The lowest BCUT2D eigenvalue weighted by Crippen LogP contribution is -2.55. The summed E-state index contributed by atoms with van der Waals surface area (Å²) in [4.78, 5) is 41.0. The van der Waals surface area contributed by atoms with Crippen LogP contribution >= 0.6 is 0 Å². The molecule has 3 aliphatic rings. The van der Waals surface area contributed by atoms with Crippen LogP contribution in [0.3, 0.4) is 0 Å². The largest absolute Gasteiger partial charge is 0.324 e. The van der Waals surface area contributed by atoms with Gasteiger partial charge in [-0.1, -0.05) is 17.7 Å². The van der Waals surface area contributed by atoms with Crippen molar-refractivity contribution in [2.45, 2.75) is 58.7 Å². The summed E-state index contributed by atoms with van der Waals surface area (Å²) in [6.45, 7) is 11.4. The number of imide groups is 1.